The first-order valence-electron chi connectivity index (χ1n) is 8.22. The Hall–Kier alpha value is -1.81. The van der Waals surface area contributed by atoms with Gasteiger partial charge in [-0.25, -0.2) is 9.97 Å². The lowest BCUT2D eigenvalue weighted by Gasteiger charge is -2.29. The SMILES string of the molecule is CC1CN(C)c2ccccc2CN1c1cc(Cl)nc(C2CC2)n1. The van der Waals surface area contributed by atoms with Gasteiger partial charge in [0.25, 0.3) is 0 Å². The predicted octanol–water partition coefficient (Wildman–Crippen LogP) is 3.85. The number of para-hydroxylation sites is 1. The van der Waals surface area contributed by atoms with E-state index < -0.39 is 0 Å². The summed E-state index contributed by atoms with van der Waals surface area (Å²) in [4.78, 5) is 13.9. The van der Waals surface area contributed by atoms with Gasteiger partial charge in [-0.1, -0.05) is 29.8 Å². The third-order valence-electron chi connectivity index (χ3n) is 4.75. The van der Waals surface area contributed by atoms with Crippen molar-refractivity contribution >= 4 is 23.1 Å². The minimum absolute atomic E-state index is 0.352. The predicted molar refractivity (Wildman–Crippen MR) is 94.4 cm³/mol. The highest BCUT2D eigenvalue weighted by atomic mass is 35.5. The van der Waals surface area contributed by atoms with Crippen LogP contribution in [-0.2, 0) is 6.54 Å². The zero-order chi connectivity index (χ0) is 16.0. The van der Waals surface area contributed by atoms with Gasteiger partial charge in [0.05, 0.1) is 0 Å². The molecular formula is C18H21ClN4. The van der Waals surface area contributed by atoms with E-state index in [0.29, 0.717) is 17.1 Å². The van der Waals surface area contributed by atoms with Crippen LogP contribution in [0.25, 0.3) is 0 Å². The molecule has 0 amide bonds. The molecule has 0 N–H and O–H groups in total. The summed E-state index contributed by atoms with van der Waals surface area (Å²) in [5.41, 5.74) is 2.62. The molecule has 1 unspecified atom stereocenters. The number of hydrogen-bond donors (Lipinski definition) is 0. The molecule has 0 saturated heterocycles. The molecule has 0 radical (unpaired) electrons. The van der Waals surface area contributed by atoms with E-state index in [1.54, 1.807) is 0 Å². The van der Waals surface area contributed by atoms with Crippen molar-refractivity contribution < 1.29 is 0 Å². The average molecular weight is 329 g/mol. The molecule has 4 nitrogen and oxygen atoms in total. The Bertz CT molecular complexity index is 729. The lowest BCUT2D eigenvalue weighted by molar-refractivity contribution is 0.633. The van der Waals surface area contributed by atoms with Crippen LogP contribution in [0.2, 0.25) is 5.15 Å². The van der Waals surface area contributed by atoms with E-state index in [2.05, 4.69) is 53.0 Å². The molecule has 1 aromatic heterocycles. The maximum Gasteiger partial charge on any atom is 0.135 e. The number of likely N-dealkylation sites (N-methyl/N-ethyl adjacent to an activating group) is 1. The second kappa shape index (κ2) is 5.68. The Balaban J connectivity index is 1.73. The van der Waals surface area contributed by atoms with Crippen LogP contribution in [0.1, 0.15) is 37.1 Å². The second-order valence-corrected chi connectivity index (χ2v) is 7.05. The van der Waals surface area contributed by atoms with E-state index in [-0.39, 0.29) is 0 Å². The second-order valence-electron chi connectivity index (χ2n) is 6.67. The number of benzene rings is 1. The molecule has 1 aliphatic heterocycles. The molecular weight excluding hydrogens is 308 g/mol. The summed E-state index contributed by atoms with van der Waals surface area (Å²) in [5.74, 6) is 2.36. The van der Waals surface area contributed by atoms with E-state index in [1.807, 2.05) is 6.07 Å². The fourth-order valence-corrected chi connectivity index (χ4v) is 3.53. The van der Waals surface area contributed by atoms with Crippen LogP contribution in [0.15, 0.2) is 30.3 Å². The van der Waals surface area contributed by atoms with Crippen LogP contribution in [0, 0.1) is 0 Å². The summed E-state index contributed by atoms with van der Waals surface area (Å²) in [6.45, 7) is 4.05. The zero-order valence-electron chi connectivity index (χ0n) is 13.5. The largest absolute Gasteiger partial charge is 0.372 e. The van der Waals surface area contributed by atoms with Crippen LogP contribution in [-0.4, -0.2) is 29.6 Å². The van der Waals surface area contributed by atoms with Crippen molar-refractivity contribution in [3.05, 3.63) is 46.9 Å². The fourth-order valence-electron chi connectivity index (χ4n) is 3.35. The molecule has 1 fully saturated rings. The standard InChI is InChI=1S/C18H21ClN4/c1-12-10-22(2)15-6-4-3-5-14(15)11-23(12)17-9-16(19)20-18(21-17)13-7-8-13/h3-6,9,12-13H,7-8,10-11H2,1-2H3. The van der Waals surface area contributed by atoms with Crippen molar-refractivity contribution in [3.8, 4) is 0 Å². The van der Waals surface area contributed by atoms with Gasteiger partial charge in [0, 0.05) is 43.9 Å². The molecule has 5 heteroatoms. The number of nitrogens with zero attached hydrogens (tertiary/aromatic N) is 4. The molecule has 2 aliphatic rings. The van der Waals surface area contributed by atoms with Crippen molar-refractivity contribution in [2.45, 2.75) is 38.3 Å². The van der Waals surface area contributed by atoms with Gasteiger partial charge in [-0.15, -0.1) is 0 Å². The van der Waals surface area contributed by atoms with Crippen LogP contribution in [0.3, 0.4) is 0 Å². The van der Waals surface area contributed by atoms with Gasteiger partial charge < -0.3 is 9.80 Å². The Kier molecular flexibility index (Phi) is 3.64. The van der Waals surface area contributed by atoms with Crippen LogP contribution in [0.4, 0.5) is 11.5 Å². The number of rotatable bonds is 2. The summed E-state index contributed by atoms with van der Waals surface area (Å²) in [6.07, 6.45) is 2.36. The zero-order valence-corrected chi connectivity index (χ0v) is 14.3. The molecule has 2 aromatic rings. The number of halogens is 1. The van der Waals surface area contributed by atoms with E-state index in [1.165, 1.54) is 24.1 Å². The molecule has 1 aromatic carbocycles. The molecule has 1 atom stereocenters. The Morgan fingerprint density at radius 3 is 2.74 bits per heavy atom. The van der Waals surface area contributed by atoms with Gasteiger partial charge in [0.15, 0.2) is 0 Å². The van der Waals surface area contributed by atoms with Crippen molar-refractivity contribution in [3.63, 3.8) is 0 Å². The topological polar surface area (TPSA) is 32.3 Å². The van der Waals surface area contributed by atoms with E-state index in [4.69, 9.17) is 16.6 Å². The smallest absolute Gasteiger partial charge is 0.135 e. The van der Waals surface area contributed by atoms with Crippen LogP contribution >= 0.6 is 11.6 Å². The maximum absolute atomic E-state index is 6.27. The summed E-state index contributed by atoms with van der Waals surface area (Å²) >= 11 is 6.27. The van der Waals surface area contributed by atoms with E-state index in [9.17, 15) is 0 Å². The molecule has 1 aliphatic carbocycles. The van der Waals surface area contributed by atoms with Crippen molar-refractivity contribution in [2.75, 3.05) is 23.4 Å². The average Bonchev–Trinajstić information content (AvgIpc) is 3.36. The molecule has 2 heterocycles. The van der Waals surface area contributed by atoms with Gasteiger partial charge >= 0.3 is 0 Å². The van der Waals surface area contributed by atoms with Gasteiger partial charge in [0.2, 0.25) is 0 Å². The monoisotopic (exact) mass is 328 g/mol. The number of fused-ring (bicyclic) bond motifs is 1. The minimum Gasteiger partial charge on any atom is -0.372 e. The molecule has 1 saturated carbocycles. The van der Waals surface area contributed by atoms with E-state index in [0.717, 1.165) is 24.7 Å². The van der Waals surface area contributed by atoms with Gasteiger partial charge in [-0.05, 0) is 31.4 Å². The van der Waals surface area contributed by atoms with Crippen molar-refractivity contribution in [1.82, 2.24) is 9.97 Å². The first-order chi connectivity index (χ1) is 11.1. The number of hydrogen-bond acceptors (Lipinski definition) is 4. The third-order valence-corrected chi connectivity index (χ3v) is 4.94. The molecule has 0 spiro atoms. The first-order valence-corrected chi connectivity index (χ1v) is 8.60. The lowest BCUT2D eigenvalue weighted by atomic mass is 10.1. The van der Waals surface area contributed by atoms with Crippen LogP contribution < -0.4 is 9.80 Å². The molecule has 0 bridgehead atoms. The summed E-state index contributed by atoms with van der Waals surface area (Å²) < 4.78 is 0. The number of aromatic nitrogens is 2. The van der Waals surface area contributed by atoms with Gasteiger partial charge in [0.1, 0.15) is 16.8 Å². The first kappa shape index (κ1) is 14.8. The lowest BCUT2D eigenvalue weighted by Crippen LogP contribution is -2.38. The molecule has 120 valence electrons. The summed E-state index contributed by atoms with van der Waals surface area (Å²) in [6, 6.07) is 10.8. The van der Waals surface area contributed by atoms with Crippen molar-refractivity contribution in [1.29, 1.82) is 0 Å². The number of anilines is 2. The van der Waals surface area contributed by atoms with Gasteiger partial charge in [-0.3, -0.25) is 0 Å². The summed E-state index contributed by atoms with van der Waals surface area (Å²) in [5, 5.41) is 0.551. The summed E-state index contributed by atoms with van der Waals surface area (Å²) in [7, 11) is 2.15. The molecule has 4 rings (SSSR count). The Morgan fingerprint density at radius 2 is 1.96 bits per heavy atom. The maximum atomic E-state index is 6.27. The van der Waals surface area contributed by atoms with Gasteiger partial charge in [-0.2, -0.15) is 0 Å². The highest BCUT2D eigenvalue weighted by Crippen LogP contribution is 2.39. The normalized spacial score (nSPS) is 21.1. The highest BCUT2D eigenvalue weighted by Gasteiger charge is 2.29. The molecule has 23 heavy (non-hydrogen) atoms. The Morgan fingerprint density at radius 1 is 1.17 bits per heavy atom. The highest BCUT2D eigenvalue weighted by molar-refractivity contribution is 6.29. The van der Waals surface area contributed by atoms with Crippen LogP contribution in [0.5, 0.6) is 0 Å². The third kappa shape index (κ3) is 2.88. The van der Waals surface area contributed by atoms with E-state index >= 15 is 0 Å². The minimum atomic E-state index is 0.352. The van der Waals surface area contributed by atoms with Crippen molar-refractivity contribution in [2.24, 2.45) is 0 Å². The quantitative estimate of drug-likeness (QED) is 0.784. The Labute approximate surface area is 142 Å². The fraction of sp³-hybridized carbons (Fsp3) is 0.444.